The van der Waals surface area contributed by atoms with Crippen LogP contribution < -0.4 is 0 Å². The molecule has 2 aromatic heterocycles. The molecule has 1 unspecified atom stereocenters. The number of benzene rings is 6. The monoisotopic (exact) mass is 640 g/mol. The second-order valence-electron chi connectivity index (χ2n) is 13.6. The first-order valence-corrected chi connectivity index (χ1v) is 17.8. The van der Waals surface area contributed by atoms with Crippen molar-refractivity contribution in [2.45, 2.75) is 19.3 Å². The molecule has 2 heteroatoms. The molecule has 8 aromatic rings. The van der Waals surface area contributed by atoms with Gasteiger partial charge in [-0.1, -0.05) is 121 Å². The van der Waals surface area contributed by atoms with Crippen LogP contribution in [0.3, 0.4) is 0 Å². The highest BCUT2D eigenvalue weighted by molar-refractivity contribution is 6.13. The van der Waals surface area contributed by atoms with Crippen molar-refractivity contribution in [3.8, 4) is 27.9 Å². The van der Waals surface area contributed by atoms with E-state index in [1.165, 1.54) is 82.8 Å². The van der Waals surface area contributed by atoms with E-state index in [-0.39, 0.29) is 0 Å². The fourth-order valence-corrected chi connectivity index (χ4v) is 8.23. The molecule has 50 heavy (non-hydrogen) atoms. The topological polar surface area (TPSA) is 9.86 Å². The minimum Gasteiger partial charge on any atom is -0.310 e. The first-order valence-electron chi connectivity index (χ1n) is 17.8. The molecule has 2 aliphatic carbocycles. The average Bonchev–Trinajstić information content (AvgIpc) is 3.71. The Kier molecular flexibility index (Phi) is 6.80. The van der Waals surface area contributed by atoms with Crippen molar-refractivity contribution in [2.75, 3.05) is 0 Å². The van der Waals surface area contributed by atoms with E-state index in [4.69, 9.17) is 0 Å². The second kappa shape index (κ2) is 11.8. The quantitative estimate of drug-likeness (QED) is 0.177. The molecule has 10 rings (SSSR count). The number of nitrogens with zero attached hydrogens (tertiary/aromatic N) is 2. The maximum atomic E-state index is 2.45. The Balaban J connectivity index is 1.06. The molecule has 0 aliphatic heterocycles. The van der Waals surface area contributed by atoms with Gasteiger partial charge in [0, 0.05) is 38.8 Å². The van der Waals surface area contributed by atoms with Crippen LogP contribution in [0.4, 0.5) is 0 Å². The average molecular weight is 641 g/mol. The number of rotatable bonds is 5. The van der Waals surface area contributed by atoms with Gasteiger partial charge in [0.1, 0.15) is 0 Å². The third-order valence-electron chi connectivity index (χ3n) is 10.7. The molecule has 0 bridgehead atoms. The first kappa shape index (κ1) is 28.9. The van der Waals surface area contributed by atoms with Crippen LogP contribution in [-0.2, 0) is 0 Å². The lowest BCUT2D eigenvalue weighted by atomic mass is 9.88. The van der Waals surface area contributed by atoms with Crippen molar-refractivity contribution in [3.05, 3.63) is 182 Å². The highest BCUT2D eigenvalue weighted by atomic mass is 15.0. The van der Waals surface area contributed by atoms with Gasteiger partial charge in [0.15, 0.2) is 0 Å². The van der Waals surface area contributed by atoms with Crippen molar-refractivity contribution < 1.29 is 0 Å². The number of fused-ring (bicyclic) bond motifs is 6. The zero-order chi connectivity index (χ0) is 33.0. The predicted octanol–water partition coefficient (Wildman–Crippen LogP) is 12.9. The molecule has 0 amide bonds. The number of hydrogen-bond donors (Lipinski definition) is 0. The molecule has 2 nitrogen and oxygen atoms in total. The third kappa shape index (κ3) is 4.71. The maximum Gasteiger partial charge on any atom is 0.0541 e. The molecular weight excluding hydrogens is 605 g/mol. The summed E-state index contributed by atoms with van der Waals surface area (Å²) in [7, 11) is 0. The second-order valence-corrected chi connectivity index (χ2v) is 13.6. The SMILES string of the molecule is C1=CC(C2C=CC(n3c4ccccc4c4cc(-c5ccc6c(c5)c5ccccc5n6-c5ccc(-c6ccccc6)cc5)ccc43)=CC2)=CCC1. The van der Waals surface area contributed by atoms with Gasteiger partial charge in [-0.15, -0.1) is 0 Å². The summed E-state index contributed by atoms with van der Waals surface area (Å²) in [5, 5.41) is 5.11. The third-order valence-corrected chi connectivity index (χ3v) is 10.7. The van der Waals surface area contributed by atoms with Gasteiger partial charge in [-0.05, 0) is 102 Å². The summed E-state index contributed by atoms with van der Waals surface area (Å²) in [5.74, 6) is 0.463. The van der Waals surface area contributed by atoms with E-state index in [1.54, 1.807) is 0 Å². The molecule has 2 aliphatic rings. The van der Waals surface area contributed by atoms with Crippen LogP contribution in [0.15, 0.2) is 182 Å². The molecule has 0 fully saturated rings. The van der Waals surface area contributed by atoms with Crippen molar-refractivity contribution in [1.82, 2.24) is 9.13 Å². The summed E-state index contributed by atoms with van der Waals surface area (Å²) in [6.07, 6.45) is 17.5. The van der Waals surface area contributed by atoms with E-state index in [9.17, 15) is 0 Å². The fraction of sp³-hybridized carbons (Fsp3) is 0.0833. The molecule has 1 atom stereocenters. The molecule has 0 N–H and O–H groups in total. The lowest BCUT2D eigenvalue weighted by Gasteiger charge is -2.20. The van der Waals surface area contributed by atoms with Crippen molar-refractivity contribution in [3.63, 3.8) is 0 Å². The van der Waals surface area contributed by atoms with Crippen LogP contribution >= 0.6 is 0 Å². The van der Waals surface area contributed by atoms with Crippen molar-refractivity contribution in [1.29, 1.82) is 0 Å². The zero-order valence-electron chi connectivity index (χ0n) is 27.8. The maximum absolute atomic E-state index is 2.45. The Morgan fingerprint density at radius 2 is 1.02 bits per heavy atom. The Bertz CT molecular complexity index is 2710. The molecule has 0 saturated carbocycles. The van der Waals surface area contributed by atoms with Gasteiger partial charge in [0.2, 0.25) is 0 Å². The zero-order valence-corrected chi connectivity index (χ0v) is 27.8. The summed E-state index contributed by atoms with van der Waals surface area (Å²) in [6, 6.07) is 51.1. The normalized spacial score (nSPS) is 16.0. The van der Waals surface area contributed by atoms with Gasteiger partial charge < -0.3 is 9.13 Å². The fourth-order valence-electron chi connectivity index (χ4n) is 8.23. The number of allylic oxidation sites excluding steroid dienone is 8. The first-order chi connectivity index (χ1) is 24.8. The molecule has 0 spiro atoms. The lowest BCUT2D eigenvalue weighted by Crippen LogP contribution is -2.06. The van der Waals surface area contributed by atoms with E-state index < -0.39 is 0 Å². The summed E-state index contributed by atoms with van der Waals surface area (Å²) < 4.78 is 4.85. The van der Waals surface area contributed by atoms with Crippen LogP contribution in [0.5, 0.6) is 0 Å². The molecule has 238 valence electrons. The van der Waals surface area contributed by atoms with Gasteiger partial charge in [-0.3, -0.25) is 0 Å². The molecular formula is C48H36N2. The molecule has 0 radical (unpaired) electrons. The minimum absolute atomic E-state index is 0.463. The van der Waals surface area contributed by atoms with Gasteiger partial charge >= 0.3 is 0 Å². The van der Waals surface area contributed by atoms with Crippen LogP contribution in [0.2, 0.25) is 0 Å². The van der Waals surface area contributed by atoms with E-state index >= 15 is 0 Å². The molecule has 2 heterocycles. The van der Waals surface area contributed by atoms with Crippen LogP contribution in [-0.4, -0.2) is 9.13 Å². The van der Waals surface area contributed by atoms with Gasteiger partial charge in [-0.2, -0.15) is 0 Å². The van der Waals surface area contributed by atoms with E-state index in [1.807, 2.05) is 0 Å². The Hall–Kier alpha value is -6.12. The van der Waals surface area contributed by atoms with Gasteiger partial charge in [0.25, 0.3) is 0 Å². The highest BCUT2D eigenvalue weighted by Gasteiger charge is 2.19. The Labute approximate surface area is 292 Å². The van der Waals surface area contributed by atoms with Crippen LogP contribution in [0, 0.1) is 5.92 Å². The minimum atomic E-state index is 0.463. The van der Waals surface area contributed by atoms with Crippen molar-refractivity contribution in [2.24, 2.45) is 5.92 Å². The van der Waals surface area contributed by atoms with E-state index in [0.717, 1.165) is 19.3 Å². The van der Waals surface area contributed by atoms with Crippen LogP contribution in [0.1, 0.15) is 19.3 Å². The van der Waals surface area contributed by atoms with E-state index in [2.05, 4.69) is 185 Å². The summed E-state index contributed by atoms with van der Waals surface area (Å²) >= 11 is 0. The number of para-hydroxylation sites is 2. The predicted molar refractivity (Wildman–Crippen MR) is 213 cm³/mol. The Morgan fingerprint density at radius 3 is 1.66 bits per heavy atom. The van der Waals surface area contributed by atoms with E-state index in [0.29, 0.717) is 5.92 Å². The standard InChI is InChI=1S/C48H36N2/c1-3-11-33(12-4-1)35-19-25-39(26-20-35)49-45-17-9-7-15-41(45)43-31-37(23-29-47(43)49)38-24-30-48-44(32-38)42-16-8-10-18-46(42)50(48)40-27-21-36(22-28-40)34-13-5-2-6-14-34/h1,3-5,7-21,23-32,36H,2,6,22H2. The summed E-state index contributed by atoms with van der Waals surface area (Å²) in [5.41, 5.74) is 13.7. The highest BCUT2D eigenvalue weighted by Crippen LogP contribution is 2.39. The molecule has 6 aromatic carbocycles. The molecule has 0 saturated heterocycles. The van der Waals surface area contributed by atoms with Gasteiger partial charge in [-0.25, -0.2) is 0 Å². The van der Waals surface area contributed by atoms with Crippen LogP contribution in [0.25, 0.3) is 77.2 Å². The summed E-state index contributed by atoms with van der Waals surface area (Å²) in [6.45, 7) is 0. The van der Waals surface area contributed by atoms with Crippen molar-refractivity contribution >= 4 is 49.3 Å². The number of aromatic nitrogens is 2. The largest absolute Gasteiger partial charge is 0.310 e. The number of hydrogen-bond acceptors (Lipinski definition) is 0. The van der Waals surface area contributed by atoms with Gasteiger partial charge in [0.05, 0.1) is 22.1 Å². The summed E-state index contributed by atoms with van der Waals surface area (Å²) in [4.78, 5) is 0. The Morgan fingerprint density at radius 1 is 0.440 bits per heavy atom. The lowest BCUT2D eigenvalue weighted by molar-refractivity contribution is 0.769. The smallest absolute Gasteiger partial charge is 0.0541 e.